The maximum Gasteiger partial charge on any atom is 0.189 e. The summed E-state index contributed by atoms with van der Waals surface area (Å²) in [5.74, 6) is 0.775. The number of hydrogen-bond donors (Lipinski definition) is 2. The van der Waals surface area contributed by atoms with Gasteiger partial charge in [0.25, 0.3) is 0 Å². The Hall–Kier alpha value is -2.06. The van der Waals surface area contributed by atoms with Crippen LogP contribution in [-0.2, 0) is 10.2 Å². The van der Waals surface area contributed by atoms with Gasteiger partial charge in [-0.05, 0) is 6.92 Å². The van der Waals surface area contributed by atoms with Crippen molar-refractivity contribution in [3.05, 3.63) is 18.5 Å². The van der Waals surface area contributed by atoms with E-state index in [1.165, 1.54) is 0 Å². The number of nitrogens with one attached hydrogen (secondary N) is 1. The lowest BCUT2D eigenvalue weighted by atomic mass is 9.85. The van der Waals surface area contributed by atoms with E-state index in [-0.39, 0.29) is 11.5 Å². The van der Waals surface area contributed by atoms with Crippen LogP contribution in [0.25, 0.3) is 16.8 Å². The Morgan fingerprint density at radius 3 is 3.16 bits per heavy atom. The van der Waals surface area contributed by atoms with Crippen LogP contribution in [0.1, 0.15) is 12.7 Å². The first kappa shape index (κ1) is 10.8. The molecule has 4 heterocycles. The third-order valence-corrected chi connectivity index (χ3v) is 3.86. The van der Waals surface area contributed by atoms with Gasteiger partial charge in [-0.1, -0.05) is 0 Å². The second-order valence-corrected chi connectivity index (χ2v) is 5.10. The molecule has 8 heteroatoms. The standard InChI is InChI=1S/C11H13N7O/c1-11(3-19-2-6(11)12)10-17-16-9-7-8(14-4-13-7)15-5-18(9)10/h4-6H,2-3,12H2,1H3,(H,13,14). The van der Waals surface area contributed by atoms with Crippen molar-refractivity contribution >= 4 is 16.8 Å². The molecular weight excluding hydrogens is 246 g/mol. The largest absolute Gasteiger partial charge is 0.379 e. The predicted molar refractivity (Wildman–Crippen MR) is 66.6 cm³/mol. The molecule has 4 rings (SSSR count). The van der Waals surface area contributed by atoms with Crippen LogP contribution in [0.15, 0.2) is 12.7 Å². The highest BCUT2D eigenvalue weighted by molar-refractivity contribution is 5.84. The summed E-state index contributed by atoms with van der Waals surface area (Å²) < 4.78 is 7.33. The van der Waals surface area contributed by atoms with Crippen LogP contribution < -0.4 is 5.73 Å². The Morgan fingerprint density at radius 2 is 2.37 bits per heavy atom. The highest BCUT2D eigenvalue weighted by Gasteiger charge is 2.43. The number of ether oxygens (including phenoxy) is 1. The summed E-state index contributed by atoms with van der Waals surface area (Å²) in [5, 5.41) is 8.53. The SMILES string of the molecule is CC1(c2nnc3c4[nH]cnc4ncn23)COCC1N. The summed E-state index contributed by atoms with van der Waals surface area (Å²) in [4.78, 5) is 11.4. The van der Waals surface area contributed by atoms with Gasteiger partial charge in [-0.15, -0.1) is 10.2 Å². The van der Waals surface area contributed by atoms with Crippen molar-refractivity contribution in [1.29, 1.82) is 0 Å². The Kier molecular flexibility index (Phi) is 1.99. The summed E-state index contributed by atoms with van der Waals surface area (Å²) in [6.07, 6.45) is 3.28. The molecule has 0 radical (unpaired) electrons. The van der Waals surface area contributed by atoms with Crippen molar-refractivity contribution in [3.8, 4) is 0 Å². The Labute approximate surface area is 108 Å². The van der Waals surface area contributed by atoms with E-state index >= 15 is 0 Å². The molecule has 98 valence electrons. The van der Waals surface area contributed by atoms with E-state index in [2.05, 4.69) is 25.1 Å². The van der Waals surface area contributed by atoms with E-state index in [9.17, 15) is 0 Å². The monoisotopic (exact) mass is 259 g/mol. The number of rotatable bonds is 1. The Morgan fingerprint density at radius 1 is 1.47 bits per heavy atom. The number of imidazole rings is 1. The van der Waals surface area contributed by atoms with Crippen LogP contribution in [0, 0.1) is 0 Å². The van der Waals surface area contributed by atoms with E-state index in [4.69, 9.17) is 10.5 Å². The van der Waals surface area contributed by atoms with Gasteiger partial charge in [0.1, 0.15) is 17.7 Å². The molecule has 8 nitrogen and oxygen atoms in total. The van der Waals surface area contributed by atoms with E-state index in [1.807, 2.05) is 11.3 Å². The van der Waals surface area contributed by atoms with Gasteiger partial charge in [0, 0.05) is 6.04 Å². The number of aromatic amines is 1. The topological polar surface area (TPSA) is 107 Å². The van der Waals surface area contributed by atoms with Crippen LogP contribution >= 0.6 is 0 Å². The summed E-state index contributed by atoms with van der Waals surface area (Å²) in [5.41, 5.74) is 7.90. The van der Waals surface area contributed by atoms with Crippen LogP contribution in [0.2, 0.25) is 0 Å². The first-order valence-corrected chi connectivity index (χ1v) is 6.07. The molecule has 0 saturated carbocycles. The zero-order valence-corrected chi connectivity index (χ0v) is 10.4. The predicted octanol–water partition coefficient (Wildman–Crippen LogP) is -0.384. The number of fused-ring (bicyclic) bond motifs is 3. The van der Waals surface area contributed by atoms with E-state index in [1.54, 1.807) is 12.7 Å². The van der Waals surface area contributed by atoms with Gasteiger partial charge >= 0.3 is 0 Å². The van der Waals surface area contributed by atoms with Gasteiger partial charge in [0.15, 0.2) is 11.3 Å². The molecule has 0 aliphatic carbocycles. The highest BCUT2D eigenvalue weighted by atomic mass is 16.5. The zero-order valence-electron chi connectivity index (χ0n) is 10.4. The lowest BCUT2D eigenvalue weighted by Crippen LogP contribution is -2.43. The van der Waals surface area contributed by atoms with Gasteiger partial charge < -0.3 is 15.5 Å². The average Bonchev–Trinajstić information content (AvgIpc) is 3.08. The fraction of sp³-hybridized carbons (Fsp3) is 0.455. The zero-order chi connectivity index (χ0) is 13.0. The Balaban J connectivity index is 2.01. The van der Waals surface area contributed by atoms with Gasteiger partial charge in [0.05, 0.1) is 25.0 Å². The molecule has 0 spiro atoms. The minimum Gasteiger partial charge on any atom is -0.379 e. The normalized spacial score (nSPS) is 27.6. The first-order valence-electron chi connectivity index (χ1n) is 6.07. The van der Waals surface area contributed by atoms with Crippen LogP contribution in [0.4, 0.5) is 0 Å². The third kappa shape index (κ3) is 1.29. The van der Waals surface area contributed by atoms with E-state index < -0.39 is 0 Å². The summed E-state index contributed by atoms with van der Waals surface area (Å²) in [6, 6.07) is -0.0997. The van der Waals surface area contributed by atoms with Crippen LogP contribution in [0.3, 0.4) is 0 Å². The number of hydrogen-bond acceptors (Lipinski definition) is 6. The number of nitrogens with two attached hydrogens (primary N) is 1. The molecule has 1 aliphatic heterocycles. The van der Waals surface area contributed by atoms with Gasteiger partial charge in [0.2, 0.25) is 0 Å². The molecule has 3 aromatic heterocycles. The van der Waals surface area contributed by atoms with Crippen molar-refractivity contribution < 1.29 is 4.74 Å². The highest BCUT2D eigenvalue weighted by Crippen LogP contribution is 2.31. The number of H-pyrrole nitrogens is 1. The van der Waals surface area contributed by atoms with Crippen molar-refractivity contribution in [2.75, 3.05) is 13.2 Å². The lowest BCUT2D eigenvalue weighted by molar-refractivity contribution is 0.178. The maximum atomic E-state index is 6.14. The Bertz CT molecular complexity index is 763. The summed E-state index contributed by atoms with van der Waals surface area (Å²) >= 11 is 0. The van der Waals surface area contributed by atoms with Crippen molar-refractivity contribution in [2.24, 2.45) is 5.73 Å². The van der Waals surface area contributed by atoms with Crippen molar-refractivity contribution in [3.63, 3.8) is 0 Å². The molecule has 1 saturated heterocycles. The van der Waals surface area contributed by atoms with Gasteiger partial charge in [-0.2, -0.15) is 0 Å². The molecule has 19 heavy (non-hydrogen) atoms. The minimum atomic E-state index is -0.352. The maximum absolute atomic E-state index is 6.14. The number of nitrogens with zero attached hydrogens (tertiary/aromatic N) is 5. The molecule has 0 amide bonds. The van der Waals surface area contributed by atoms with Crippen molar-refractivity contribution in [2.45, 2.75) is 18.4 Å². The quantitative estimate of drug-likeness (QED) is 0.616. The molecular formula is C11H13N7O. The second-order valence-electron chi connectivity index (χ2n) is 5.10. The summed E-state index contributed by atoms with van der Waals surface area (Å²) in [7, 11) is 0. The molecule has 0 bridgehead atoms. The molecule has 2 atom stereocenters. The molecule has 3 N–H and O–H groups in total. The molecule has 1 aliphatic rings. The molecule has 2 unspecified atom stereocenters. The van der Waals surface area contributed by atoms with Crippen molar-refractivity contribution in [1.82, 2.24) is 29.5 Å². The lowest BCUT2D eigenvalue weighted by Gasteiger charge is -2.24. The average molecular weight is 259 g/mol. The first-order chi connectivity index (χ1) is 9.20. The molecule has 0 aromatic carbocycles. The van der Waals surface area contributed by atoms with Crippen LogP contribution in [0.5, 0.6) is 0 Å². The third-order valence-electron chi connectivity index (χ3n) is 3.86. The molecule has 3 aromatic rings. The van der Waals surface area contributed by atoms with E-state index in [0.29, 0.717) is 24.5 Å². The van der Waals surface area contributed by atoms with Crippen LogP contribution in [-0.4, -0.2) is 48.8 Å². The van der Waals surface area contributed by atoms with Gasteiger partial charge in [-0.3, -0.25) is 4.40 Å². The fourth-order valence-corrected chi connectivity index (χ4v) is 2.54. The smallest absolute Gasteiger partial charge is 0.189 e. The summed E-state index contributed by atoms with van der Waals surface area (Å²) in [6.45, 7) is 3.11. The fourth-order valence-electron chi connectivity index (χ4n) is 2.54. The van der Waals surface area contributed by atoms with Gasteiger partial charge in [-0.25, -0.2) is 9.97 Å². The minimum absolute atomic E-state index is 0.0997. The van der Waals surface area contributed by atoms with E-state index in [0.717, 1.165) is 11.3 Å². The second kappa shape index (κ2) is 3.49. The molecule has 1 fully saturated rings. The number of aromatic nitrogens is 6.